The SMILES string of the molecule is CCOC(=O)C1=C(COCCOCCOCCN)NC(C)=C(C(=O)OC)C1c1ccccc1Cl. The lowest BCUT2D eigenvalue weighted by Crippen LogP contribution is -2.35. The van der Waals surface area contributed by atoms with Gasteiger partial charge in [0.05, 0.1) is 76.1 Å². The molecule has 0 aromatic heterocycles. The highest BCUT2D eigenvalue weighted by molar-refractivity contribution is 6.31. The average Bonchev–Trinajstić information content (AvgIpc) is 2.82. The Kier molecular flexibility index (Phi) is 12.1. The summed E-state index contributed by atoms with van der Waals surface area (Å²) in [5, 5.41) is 3.55. The quantitative estimate of drug-likeness (QED) is 0.295. The number of methoxy groups -OCH3 is 1. The Morgan fingerprint density at radius 3 is 2.26 bits per heavy atom. The number of carbonyl (C=O) groups excluding carboxylic acids is 2. The number of dihydropyridines is 1. The summed E-state index contributed by atoms with van der Waals surface area (Å²) in [7, 11) is 1.29. The number of allylic oxidation sites excluding steroid dienone is 1. The Balaban J connectivity index is 2.27. The van der Waals surface area contributed by atoms with Crippen LogP contribution in [0.3, 0.4) is 0 Å². The van der Waals surface area contributed by atoms with Gasteiger partial charge in [0, 0.05) is 17.3 Å². The van der Waals surface area contributed by atoms with Gasteiger partial charge in [-0.2, -0.15) is 0 Å². The van der Waals surface area contributed by atoms with Gasteiger partial charge in [0.1, 0.15) is 0 Å². The van der Waals surface area contributed by atoms with Gasteiger partial charge in [-0.15, -0.1) is 0 Å². The monoisotopic (exact) mass is 496 g/mol. The van der Waals surface area contributed by atoms with E-state index in [-0.39, 0.29) is 24.4 Å². The van der Waals surface area contributed by atoms with Crippen LogP contribution in [0.4, 0.5) is 0 Å². The van der Waals surface area contributed by atoms with Crippen LogP contribution in [0.5, 0.6) is 0 Å². The molecule has 1 atom stereocenters. The molecule has 2 rings (SSSR count). The first kappa shape index (κ1) is 27.8. The molecule has 0 aliphatic carbocycles. The third kappa shape index (κ3) is 7.54. The Labute approximate surface area is 205 Å². The van der Waals surface area contributed by atoms with Crippen LogP contribution in [-0.2, 0) is 33.3 Å². The highest BCUT2D eigenvalue weighted by Gasteiger charge is 2.39. The lowest BCUT2D eigenvalue weighted by atomic mass is 9.80. The molecule has 0 amide bonds. The van der Waals surface area contributed by atoms with E-state index in [9.17, 15) is 9.59 Å². The molecule has 1 aromatic rings. The summed E-state index contributed by atoms with van der Waals surface area (Å²) >= 11 is 6.49. The number of ether oxygens (including phenoxy) is 5. The zero-order valence-electron chi connectivity index (χ0n) is 19.9. The topological polar surface area (TPSA) is 118 Å². The molecule has 1 heterocycles. The van der Waals surface area contributed by atoms with E-state index in [2.05, 4.69) is 5.32 Å². The van der Waals surface area contributed by atoms with Crippen LogP contribution in [0, 0.1) is 0 Å². The predicted molar refractivity (Wildman–Crippen MR) is 127 cm³/mol. The summed E-state index contributed by atoms with van der Waals surface area (Å²) < 4.78 is 26.8. The number of carbonyl (C=O) groups is 2. The second kappa shape index (κ2) is 14.7. The highest BCUT2D eigenvalue weighted by Crippen LogP contribution is 2.41. The van der Waals surface area contributed by atoms with Crippen molar-refractivity contribution in [1.29, 1.82) is 0 Å². The Hall–Kier alpha value is -2.43. The smallest absolute Gasteiger partial charge is 0.336 e. The molecule has 1 aliphatic heterocycles. The van der Waals surface area contributed by atoms with Crippen LogP contribution in [0.2, 0.25) is 5.02 Å². The molecule has 0 fully saturated rings. The van der Waals surface area contributed by atoms with Gasteiger partial charge in [0.15, 0.2) is 0 Å². The minimum Gasteiger partial charge on any atom is -0.466 e. The maximum Gasteiger partial charge on any atom is 0.336 e. The third-order valence-electron chi connectivity index (χ3n) is 5.01. The fourth-order valence-electron chi connectivity index (χ4n) is 3.56. The van der Waals surface area contributed by atoms with Crippen molar-refractivity contribution in [3.63, 3.8) is 0 Å². The van der Waals surface area contributed by atoms with E-state index >= 15 is 0 Å². The van der Waals surface area contributed by atoms with Gasteiger partial charge in [0.2, 0.25) is 0 Å². The first-order valence-corrected chi connectivity index (χ1v) is 11.5. The molecule has 1 unspecified atom stereocenters. The molecule has 34 heavy (non-hydrogen) atoms. The summed E-state index contributed by atoms with van der Waals surface area (Å²) in [6, 6.07) is 7.05. The van der Waals surface area contributed by atoms with Crippen molar-refractivity contribution in [2.75, 3.05) is 59.9 Å². The zero-order chi connectivity index (χ0) is 24.9. The van der Waals surface area contributed by atoms with Crippen LogP contribution < -0.4 is 11.1 Å². The molecule has 1 aromatic carbocycles. The summed E-state index contributed by atoms with van der Waals surface area (Å²) in [6.45, 7) is 6.18. The van der Waals surface area contributed by atoms with Crippen molar-refractivity contribution in [3.05, 3.63) is 57.4 Å². The van der Waals surface area contributed by atoms with E-state index in [0.717, 1.165) is 0 Å². The number of halogens is 1. The number of esters is 2. The van der Waals surface area contributed by atoms with Gasteiger partial charge in [-0.25, -0.2) is 9.59 Å². The van der Waals surface area contributed by atoms with E-state index < -0.39 is 17.9 Å². The van der Waals surface area contributed by atoms with Gasteiger partial charge in [-0.3, -0.25) is 0 Å². The average molecular weight is 497 g/mol. The summed E-state index contributed by atoms with van der Waals surface area (Å²) in [6.07, 6.45) is 0. The molecule has 188 valence electrons. The van der Waals surface area contributed by atoms with Crippen LogP contribution in [0.15, 0.2) is 46.8 Å². The molecule has 0 saturated carbocycles. The highest BCUT2D eigenvalue weighted by atomic mass is 35.5. The number of benzene rings is 1. The Morgan fingerprint density at radius 2 is 1.65 bits per heavy atom. The summed E-state index contributed by atoms with van der Waals surface area (Å²) in [5.41, 5.74) is 7.51. The van der Waals surface area contributed by atoms with Crippen molar-refractivity contribution in [2.24, 2.45) is 5.73 Å². The lowest BCUT2D eigenvalue weighted by molar-refractivity contribution is -0.139. The molecular formula is C24H33ClN2O7. The molecule has 0 bridgehead atoms. The molecule has 10 heteroatoms. The zero-order valence-corrected chi connectivity index (χ0v) is 20.6. The first-order valence-electron chi connectivity index (χ1n) is 11.1. The minimum absolute atomic E-state index is 0.0773. The normalized spacial score (nSPS) is 15.9. The van der Waals surface area contributed by atoms with E-state index in [1.807, 2.05) is 0 Å². The maximum absolute atomic E-state index is 13.1. The standard InChI is InChI=1S/C24H33ClN2O7/c1-4-34-24(29)22-19(15-33-14-13-32-12-11-31-10-9-26)27-16(2)20(23(28)30-3)21(22)17-7-5-6-8-18(17)25/h5-8,21,27H,4,9-15,26H2,1-3H3. The third-order valence-corrected chi connectivity index (χ3v) is 5.36. The van der Waals surface area contributed by atoms with Gasteiger partial charge in [0.25, 0.3) is 0 Å². The van der Waals surface area contributed by atoms with E-state index in [0.29, 0.717) is 61.6 Å². The van der Waals surface area contributed by atoms with Gasteiger partial charge in [-0.1, -0.05) is 29.8 Å². The number of rotatable bonds is 14. The second-order valence-corrected chi connectivity index (χ2v) is 7.70. The largest absolute Gasteiger partial charge is 0.466 e. The van der Waals surface area contributed by atoms with Crippen LogP contribution in [0.1, 0.15) is 25.3 Å². The van der Waals surface area contributed by atoms with E-state index in [4.69, 9.17) is 41.0 Å². The van der Waals surface area contributed by atoms with Crippen molar-refractivity contribution in [3.8, 4) is 0 Å². The number of hydrogen-bond donors (Lipinski definition) is 2. The number of nitrogens with one attached hydrogen (secondary N) is 1. The molecule has 3 N–H and O–H groups in total. The van der Waals surface area contributed by atoms with Crippen molar-refractivity contribution in [2.45, 2.75) is 19.8 Å². The van der Waals surface area contributed by atoms with Crippen molar-refractivity contribution < 1.29 is 33.3 Å². The van der Waals surface area contributed by atoms with Crippen molar-refractivity contribution >= 4 is 23.5 Å². The minimum atomic E-state index is -0.781. The number of nitrogens with two attached hydrogens (primary N) is 1. The fraction of sp³-hybridized carbons (Fsp3) is 0.500. The van der Waals surface area contributed by atoms with Crippen LogP contribution in [0.25, 0.3) is 0 Å². The first-order chi connectivity index (χ1) is 16.5. The molecule has 0 radical (unpaired) electrons. The summed E-state index contributed by atoms with van der Waals surface area (Å²) in [5.74, 6) is -1.92. The van der Waals surface area contributed by atoms with Crippen molar-refractivity contribution in [1.82, 2.24) is 5.32 Å². The predicted octanol–water partition coefficient (Wildman–Crippen LogP) is 2.30. The van der Waals surface area contributed by atoms with Crippen LogP contribution >= 0.6 is 11.6 Å². The molecule has 1 aliphatic rings. The molecule has 0 saturated heterocycles. The molecule has 9 nitrogen and oxygen atoms in total. The lowest BCUT2D eigenvalue weighted by Gasteiger charge is -2.31. The van der Waals surface area contributed by atoms with Crippen LogP contribution in [-0.4, -0.2) is 71.8 Å². The van der Waals surface area contributed by atoms with E-state index in [1.165, 1.54) is 7.11 Å². The molecular weight excluding hydrogens is 464 g/mol. The van der Waals surface area contributed by atoms with Gasteiger partial charge < -0.3 is 34.7 Å². The molecule has 0 spiro atoms. The van der Waals surface area contributed by atoms with Gasteiger partial charge in [-0.05, 0) is 25.5 Å². The Bertz CT molecular complexity index is 901. The maximum atomic E-state index is 13.1. The second-order valence-electron chi connectivity index (χ2n) is 7.29. The fourth-order valence-corrected chi connectivity index (χ4v) is 3.80. The number of hydrogen-bond acceptors (Lipinski definition) is 9. The Morgan fingerprint density at radius 1 is 1.00 bits per heavy atom. The van der Waals surface area contributed by atoms with Gasteiger partial charge >= 0.3 is 11.9 Å². The summed E-state index contributed by atoms with van der Waals surface area (Å²) in [4.78, 5) is 25.8. The van der Waals surface area contributed by atoms with E-state index in [1.54, 1.807) is 38.1 Å².